The number of anilines is 1. The minimum atomic E-state index is -0.195. The van der Waals surface area contributed by atoms with E-state index in [9.17, 15) is 4.79 Å². The van der Waals surface area contributed by atoms with Crippen molar-refractivity contribution in [2.75, 3.05) is 51.3 Å². The van der Waals surface area contributed by atoms with Gasteiger partial charge in [-0.3, -0.25) is 9.69 Å². The van der Waals surface area contributed by atoms with Gasteiger partial charge in [-0.1, -0.05) is 48.5 Å². The van der Waals surface area contributed by atoms with E-state index in [4.69, 9.17) is 4.74 Å². The molecule has 29 heavy (non-hydrogen) atoms. The number of amides is 1. The normalized spacial score (nSPS) is 18.6. The van der Waals surface area contributed by atoms with Crippen molar-refractivity contribution in [3.05, 3.63) is 65.7 Å². The van der Waals surface area contributed by atoms with Crippen LogP contribution in [0.3, 0.4) is 0 Å². The Morgan fingerprint density at radius 1 is 0.966 bits per heavy atom. The van der Waals surface area contributed by atoms with Crippen molar-refractivity contribution in [2.45, 2.75) is 25.4 Å². The van der Waals surface area contributed by atoms with Gasteiger partial charge in [0.1, 0.15) is 6.04 Å². The quantitative estimate of drug-likeness (QED) is 0.754. The van der Waals surface area contributed by atoms with Crippen molar-refractivity contribution in [3.8, 4) is 0 Å². The molecule has 0 bridgehead atoms. The van der Waals surface area contributed by atoms with Gasteiger partial charge in [0.2, 0.25) is 5.91 Å². The van der Waals surface area contributed by atoms with Gasteiger partial charge in [-0.15, -0.1) is 0 Å². The molecule has 2 fully saturated rings. The molecule has 1 atom stereocenters. The van der Waals surface area contributed by atoms with Crippen LogP contribution in [-0.4, -0.2) is 62.1 Å². The molecule has 0 radical (unpaired) electrons. The number of morpholine rings is 1. The molecule has 0 aliphatic carbocycles. The Hall–Kier alpha value is -2.37. The van der Waals surface area contributed by atoms with Crippen LogP contribution in [0.25, 0.3) is 0 Å². The highest BCUT2D eigenvalue weighted by Crippen LogP contribution is 2.29. The molecule has 2 aliphatic rings. The summed E-state index contributed by atoms with van der Waals surface area (Å²) in [6, 6.07) is 18.5. The molecule has 4 rings (SSSR count). The highest BCUT2D eigenvalue weighted by atomic mass is 16.5. The van der Waals surface area contributed by atoms with Crippen molar-refractivity contribution in [1.82, 2.24) is 9.80 Å². The number of carbonyl (C=O) groups is 1. The third-order valence-electron chi connectivity index (χ3n) is 5.98. The largest absolute Gasteiger partial charge is 0.378 e. The molecule has 0 aromatic heterocycles. The van der Waals surface area contributed by atoms with Gasteiger partial charge in [0.05, 0.1) is 13.2 Å². The van der Waals surface area contributed by atoms with Crippen LogP contribution < -0.4 is 4.90 Å². The minimum Gasteiger partial charge on any atom is -0.378 e. The number of likely N-dealkylation sites (tertiary alicyclic amines) is 1. The number of hydrogen-bond acceptors (Lipinski definition) is 4. The van der Waals surface area contributed by atoms with Crippen LogP contribution in [0.15, 0.2) is 54.6 Å². The molecule has 2 aromatic rings. The first-order valence-corrected chi connectivity index (χ1v) is 10.7. The van der Waals surface area contributed by atoms with Crippen molar-refractivity contribution < 1.29 is 9.53 Å². The highest BCUT2D eigenvalue weighted by molar-refractivity contribution is 5.83. The smallest absolute Gasteiger partial charge is 0.244 e. The molecule has 1 amide bonds. The van der Waals surface area contributed by atoms with Gasteiger partial charge in [-0.2, -0.15) is 0 Å². The van der Waals surface area contributed by atoms with Gasteiger partial charge in [0, 0.05) is 32.4 Å². The van der Waals surface area contributed by atoms with E-state index < -0.39 is 0 Å². The van der Waals surface area contributed by atoms with Gasteiger partial charge in [-0.05, 0) is 43.1 Å². The first-order chi connectivity index (χ1) is 14.2. The van der Waals surface area contributed by atoms with E-state index in [1.807, 2.05) is 30.1 Å². The molecule has 2 heterocycles. The first kappa shape index (κ1) is 19.9. The van der Waals surface area contributed by atoms with E-state index in [1.54, 1.807) is 0 Å². The van der Waals surface area contributed by atoms with Crippen LogP contribution in [0.4, 0.5) is 5.69 Å². The lowest BCUT2D eigenvalue weighted by Crippen LogP contribution is -2.41. The molecule has 0 N–H and O–H groups in total. The average molecular weight is 394 g/mol. The maximum atomic E-state index is 13.6. The van der Waals surface area contributed by atoms with Crippen LogP contribution in [0, 0.1) is 0 Å². The zero-order valence-electron chi connectivity index (χ0n) is 17.3. The van der Waals surface area contributed by atoms with Crippen molar-refractivity contribution in [2.24, 2.45) is 0 Å². The van der Waals surface area contributed by atoms with Crippen molar-refractivity contribution in [3.63, 3.8) is 0 Å². The minimum absolute atomic E-state index is 0.176. The number of benzene rings is 2. The zero-order valence-corrected chi connectivity index (χ0v) is 17.3. The number of likely N-dealkylation sites (N-methyl/N-ethyl adjacent to an activating group) is 1. The zero-order chi connectivity index (χ0) is 20.1. The Kier molecular flexibility index (Phi) is 6.47. The lowest BCUT2D eigenvalue weighted by Gasteiger charge is -2.33. The molecule has 2 aromatic carbocycles. The average Bonchev–Trinajstić information content (AvgIpc) is 3.30. The summed E-state index contributed by atoms with van der Waals surface area (Å²) in [5.74, 6) is 0.176. The topological polar surface area (TPSA) is 36.0 Å². The van der Waals surface area contributed by atoms with Crippen LogP contribution in [-0.2, 0) is 16.1 Å². The van der Waals surface area contributed by atoms with Crippen molar-refractivity contribution >= 4 is 11.6 Å². The second-order valence-corrected chi connectivity index (χ2v) is 7.98. The van der Waals surface area contributed by atoms with Crippen LogP contribution in [0.5, 0.6) is 0 Å². The predicted molar refractivity (Wildman–Crippen MR) is 116 cm³/mol. The van der Waals surface area contributed by atoms with Crippen molar-refractivity contribution in [1.29, 1.82) is 0 Å². The summed E-state index contributed by atoms with van der Waals surface area (Å²) in [6.07, 6.45) is 2.33. The van der Waals surface area contributed by atoms with E-state index in [-0.39, 0.29) is 11.9 Å². The van der Waals surface area contributed by atoms with Crippen LogP contribution in [0.1, 0.15) is 30.0 Å². The van der Waals surface area contributed by atoms with Gasteiger partial charge in [0.25, 0.3) is 0 Å². The molecule has 154 valence electrons. The number of ether oxygens (including phenoxy) is 1. The summed E-state index contributed by atoms with van der Waals surface area (Å²) in [4.78, 5) is 20.2. The molecule has 2 saturated heterocycles. The van der Waals surface area contributed by atoms with Crippen LogP contribution in [0.2, 0.25) is 0 Å². The molecule has 0 saturated carbocycles. The third-order valence-corrected chi connectivity index (χ3v) is 5.98. The van der Waals surface area contributed by atoms with E-state index in [0.29, 0.717) is 6.54 Å². The number of rotatable bonds is 6. The van der Waals surface area contributed by atoms with E-state index in [2.05, 4.69) is 46.2 Å². The maximum Gasteiger partial charge on any atom is 0.244 e. The summed E-state index contributed by atoms with van der Waals surface area (Å²) in [5, 5.41) is 0. The van der Waals surface area contributed by atoms with Gasteiger partial charge in [0.15, 0.2) is 0 Å². The van der Waals surface area contributed by atoms with Gasteiger partial charge in [-0.25, -0.2) is 0 Å². The number of carbonyl (C=O) groups excluding carboxylic acids is 1. The number of hydrogen-bond donors (Lipinski definition) is 0. The van der Waals surface area contributed by atoms with E-state index >= 15 is 0 Å². The molecular formula is C24H31N3O2. The summed E-state index contributed by atoms with van der Waals surface area (Å²) in [7, 11) is 1.93. The fourth-order valence-corrected chi connectivity index (χ4v) is 4.44. The first-order valence-electron chi connectivity index (χ1n) is 10.7. The molecule has 5 heteroatoms. The second-order valence-electron chi connectivity index (χ2n) is 7.98. The summed E-state index contributed by atoms with van der Waals surface area (Å²) >= 11 is 0. The molecule has 2 aliphatic heterocycles. The lowest BCUT2D eigenvalue weighted by atomic mass is 10.0. The fraction of sp³-hybridized carbons (Fsp3) is 0.458. The Morgan fingerprint density at radius 3 is 2.34 bits per heavy atom. The molecule has 0 spiro atoms. The fourth-order valence-electron chi connectivity index (χ4n) is 4.44. The second kappa shape index (κ2) is 9.42. The molecular weight excluding hydrogens is 362 g/mol. The Bertz CT molecular complexity index is 799. The maximum absolute atomic E-state index is 13.6. The Labute approximate surface area is 173 Å². The SMILES string of the molecule is CN(Cc1ccccc1N1CCOCC1)C(=O)C(c1ccccc1)N1CCCC1. The van der Waals surface area contributed by atoms with Gasteiger partial charge >= 0.3 is 0 Å². The standard InChI is InChI=1S/C24H31N3O2/c1-25(19-21-11-5-6-12-22(21)26-15-17-29-18-16-26)24(28)23(27-13-7-8-14-27)20-9-3-2-4-10-20/h2-6,9-12,23H,7-8,13-19H2,1H3. The molecule has 1 unspecified atom stereocenters. The van der Waals surface area contributed by atoms with E-state index in [0.717, 1.165) is 45.0 Å². The van der Waals surface area contributed by atoms with Gasteiger partial charge < -0.3 is 14.5 Å². The van der Waals surface area contributed by atoms with E-state index in [1.165, 1.54) is 24.1 Å². The predicted octanol–water partition coefficient (Wildman–Crippen LogP) is 3.32. The molecule has 5 nitrogen and oxygen atoms in total. The summed E-state index contributed by atoms with van der Waals surface area (Å²) in [5.41, 5.74) is 3.50. The Balaban J connectivity index is 1.54. The number of nitrogens with zero attached hydrogens (tertiary/aromatic N) is 3. The Morgan fingerprint density at radius 2 is 1.62 bits per heavy atom. The highest BCUT2D eigenvalue weighted by Gasteiger charge is 2.32. The lowest BCUT2D eigenvalue weighted by molar-refractivity contribution is -0.136. The monoisotopic (exact) mass is 393 g/mol. The summed E-state index contributed by atoms with van der Waals surface area (Å²) < 4.78 is 5.51. The number of para-hydroxylation sites is 1. The summed E-state index contributed by atoms with van der Waals surface area (Å²) in [6.45, 7) is 5.91. The van der Waals surface area contributed by atoms with Crippen LogP contribution >= 0.6 is 0 Å². The third kappa shape index (κ3) is 4.62.